The Kier molecular flexibility index (Phi) is 3.82. The molecular formula is C12H16BBr. The van der Waals surface area contributed by atoms with Crippen LogP contribution in [0.4, 0.5) is 0 Å². The molecule has 74 valence electrons. The van der Waals surface area contributed by atoms with E-state index < -0.39 is 0 Å². The molecule has 2 atom stereocenters. The van der Waals surface area contributed by atoms with Crippen molar-refractivity contribution in [3.63, 3.8) is 0 Å². The van der Waals surface area contributed by atoms with Gasteiger partial charge in [-0.05, 0) is 5.41 Å². The van der Waals surface area contributed by atoms with Crippen LogP contribution in [0, 0.1) is 10.8 Å². The molecule has 2 radical (unpaired) electrons. The molecule has 2 heteroatoms. The molecule has 0 aromatic heterocycles. The highest BCUT2D eigenvalue weighted by molar-refractivity contribution is 9.09. The van der Waals surface area contributed by atoms with E-state index in [0.29, 0.717) is 6.32 Å². The van der Waals surface area contributed by atoms with Crippen LogP contribution in [0.25, 0.3) is 0 Å². The van der Waals surface area contributed by atoms with Crippen LogP contribution in [0.15, 0.2) is 36.5 Å². The molecule has 2 unspecified atom stereocenters. The maximum absolute atomic E-state index is 5.75. The number of hydrogen-bond acceptors (Lipinski definition) is 0. The lowest BCUT2D eigenvalue weighted by molar-refractivity contribution is 0.583. The minimum atomic E-state index is -0.00576. The van der Waals surface area contributed by atoms with E-state index in [1.807, 2.05) is 0 Å². The highest BCUT2D eigenvalue weighted by Crippen LogP contribution is 2.31. The van der Waals surface area contributed by atoms with Gasteiger partial charge in [-0.15, -0.1) is 0 Å². The monoisotopic (exact) mass is 250 g/mol. The summed E-state index contributed by atoms with van der Waals surface area (Å²) in [5.41, 5.74) is 0.0926. The molecule has 0 bridgehead atoms. The molecule has 0 saturated heterocycles. The second kappa shape index (κ2) is 4.52. The minimum Gasteiger partial charge on any atom is -0.0915 e. The van der Waals surface area contributed by atoms with Crippen LogP contribution in [0.5, 0.6) is 0 Å². The molecule has 1 aliphatic rings. The first-order chi connectivity index (χ1) is 6.54. The molecule has 1 aliphatic carbocycles. The molecular weight excluding hydrogens is 235 g/mol. The van der Waals surface area contributed by atoms with Gasteiger partial charge in [-0.3, -0.25) is 0 Å². The predicted molar refractivity (Wildman–Crippen MR) is 68.0 cm³/mol. The lowest BCUT2D eigenvalue weighted by Crippen LogP contribution is -2.16. The van der Waals surface area contributed by atoms with Crippen LogP contribution in [0.3, 0.4) is 0 Å². The van der Waals surface area contributed by atoms with Gasteiger partial charge in [0.1, 0.15) is 0 Å². The fourth-order valence-corrected chi connectivity index (χ4v) is 1.64. The summed E-state index contributed by atoms with van der Waals surface area (Å²) in [6, 6.07) is 0. The van der Waals surface area contributed by atoms with Gasteiger partial charge in [-0.1, -0.05) is 72.6 Å². The number of allylic oxidation sites excluding steroid dienone is 6. The van der Waals surface area contributed by atoms with Crippen LogP contribution in [0.1, 0.15) is 13.8 Å². The average molecular weight is 251 g/mol. The minimum absolute atomic E-state index is 0.00576. The van der Waals surface area contributed by atoms with Crippen molar-refractivity contribution in [2.24, 2.45) is 10.8 Å². The Morgan fingerprint density at radius 1 is 1.00 bits per heavy atom. The lowest BCUT2D eigenvalue weighted by Gasteiger charge is -2.26. The van der Waals surface area contributed by atoms with Crippen LogP contribution in [0.2, 0.25) is 6.32 Å². The van der Waals surface area contributed by atoms with Gasteiger partial charge >= 0.3 is 0 Å². The molecule has 0 N–H and O–H groups in total. The van der Waals surface area contributed by atoms with Gasteiger partial charge < -0.3 is 0 Å². The summed E-state index contributed by atoms with van der Waals surface area (Å²) in [6.45, 7) is 4.35. The topological polar surface area (TPSA) is 0 Å². The van der Waals surface area contributed by atoms with E-state index in [1.54, 1.807) is 0 Å². The number of halogens is 1. The van der Waals surface area contributed by atoms with Crippen molar-refractivity contribution in [2.45, 2.75) is 20.2 Å². The SMILES string of the molecule is [B]CC1(C)C=CC(C)(CBr)/C=C\C=C/1. The molecule has 0 fully saturated rings. The van der Waals surface area contributed by atoms with Crippen molar-refractivity contribution in [3.05, 3.63) is 36.5 Å². The molecule has 0 saturated carbocycles. The predicted octanol–water partition coefficient (Wildman–Crippen LogP) is 3.66. The Morgan fingerprint density at radius 2 is 1.50 bits per heavy atom. The molecule has 0 aliphatic heterocycles. The van der Waals surface area contributed by atoms with E-state index in [9.17, 15) is 0 Å². The van der Waals surface area contributed by atoms with Crippen molar-refractivity contribution >= 4 is 23.8 Å². The molecule has 0 aromatic rings. The van der Waals surface area contributed by atoms with Gasteiger partial charge in [0.25, 0.3) is 0 Å². The third-order valence-corrected chi connectivity index (χ3v) is 3.85. The summed E-state index contributed by atoms with van der Waals surface area (Å²) in [7, 11) is 5.75. The molecule has 0 aromatic carbocycles. The highest BCUT2D eigenvalue weighted by Gasteiger charge is 2.20. The quantitative estimate of drug-likeness (QED) is 0.399. The van der Waals surface area contributed by atoms with Gasteiger partial charge in [0.2, 0.25) is 0 Å². The van der Waals surface area contributed by atoms with E-state index in [1.165, 1.54) is 0 Å². The Morgan fingerprint density at radius 3 is 2.00 bits per heavy atom. The molecule has 0 heterocycles. The van der Waals surface area contributed by atoms with Crippen LogP contribution < -0.4 is 0 Å². The van der Waals surface area contributed by atoms with Crippen molar-refractivity contribution in [2.75, 3.05) is 5.33 Å². The summed E-state index contributed by atoms with van der Waals surface area (Å²) >= 11 is 3.53. The van der Waals surface area contributed by atoms with Gasteiger partial charge in [0, 0.05) is 10.7 Å². The van der Waals surface area contributed by atoms with Crippen LogP contribution >= 0.6 is 15.9 Å². The van der Waals surface area contributed by atoms with Crippen molar-refractivity contribution in [1.82, 2.24) is 0 Å². The molecule has 14 heavy (non-hydrogen) atoms. The summed E-state index contributed by atoms with van der Waals surface area (Å²) in [4.78, 5) is 0. The van der Waals surface area contributed by atoms with Gasteiger partial charge in [-0.25, -0.2) is 0 Å². The first kappa shape index (κ1) is 11.8. The van der Waals surface area contributed by atoms with Crippen LogP contribution in [-0.2, 0) is 0 Å². The molecule has 1 rings (SSSR count). The lowest BCUT2D eigenvalue weighted by atomic mass is 9.74. The van der Waals surface area contributed by atoms with E-state index in [4.69, 9.17) is 7.85 Å². The second-order valence-electron chi connectivity index (χ2n) is 4.40. The van der Waals surface area contributed by atoms with Gasteiger partial charge in [0.15, 0.2) is 0 Å². The Balaban J connectivity index is 3.00. The maximum Gasteiger partial charge on any atom is 0.0668 e. The van der Waals surface area contributed by atoms with E-state index in [-0.39, 0.29) is 10.8 Å². The second-order valence-corrected chi connectivity index (χ2v) is 4.96. The Labute approximate surface area is 96.7 Å². The fourth-order valence-electron chi connectivity index (χ4n) is 1.27. The molecule has 0 amide bonds. The number of hydrogen-bond donors (Lipinski definition) is 0. The van der Waals surface area contributed by atoms with Gasteiger partial charge in [-0.2, -0.15) is 0 Å². The number of alkyl halides is 1. The Bertz CT molecular complexity index is 252. The van der Waals surface area contributed by atoms with Crippen LogP contribution in [-0.4, -0.2) is 13.2 Å². The van der Waals surface area contributed by atoms with Gasteiger partial charge in [0.05, 0.1) is 7.85 Å². The summed E-state index contributed by atoms with van der Waals surface area (Å²) < 4.78 is 0. The zero-order valence-corrected chi connectivity index (χ0v) is 10.4. The fraction of sp³-hybridized carbons (Fsp3) is 0.500. The van der Waals surface area contributed by atoms with Crippen molar-refractivity contribution in [1.29, 1.82) is 0 Å². The zero-order chi connectivity index (χ0) is 10.7. The largest absolute Gasteiger partial charge is 0.0915 e. The molecule has 0 nitrogen and oxygen atoms in total. The summed E-state index contributed by atoms with van der Waals surface area (Å²) in [5.74, 6) is 0. The molecule has 0 spiro atoms. The normalized spacial score (nSPS) is 41.4. The van der Waals surface area contributed by atoms with E-state index in [2.05, 4.69) is 66.2 Å². The average Bonchev–Trinajstić information content (AvgIpc) is 2.20. The maximum atomic E-state index is 5.75. The first-order valence-corrected chi connectivity index (χ1v) is 5.99. The zero-order valence-electron chi connectivity index (χ0n) is 8.83. The smallest absolute Gasteiger partial charge is 0.0668 e. The standard InChI is InChI=1S/C12H16BBr/c1-11(9-13)5-3-4-6-12(2,10-14)8-7-11/h3-8H,9-10H2,1-2H3/b5-3-,6-4-,8-7?. The van der Waals surface area contributed by atoms with Crippen molar-refractivity contribution in [3.8, 4) is 0 Å². The van der Waals surface area contributed by atoms with Crippen molar-refractivity contribution < 1.29 is 0 Å². The number of rotatable bonds is 2. The summed E-state index contributed by atoms with van der Waals surface area (Å²) in [5, 5.41) is 0.932. The third-order valence-electron chi connectivity index (χ3n) is 2.64. The third kappa shape index (κ3) is 2.88. The highest BCUT2D eigenvalue weighted by atomic mass is 79.9. The first-order valence-electron chi connectivity index (χ1n) is 4.87. The Hall–Kier alpha value is -0.235. The van der Waals surface area contributed by atoms with E-state index >= 15 is 0 Å². The van der Waals surface area contributed by atoms with E-state index in [0.717, 1.165) is 5.33 Å². The summed E-state index contributed by atoms with van der Waals surface area (Å²) in [6.07, 6.45) is 13.6.